The Labute approximate surface area is 146 Å². The molecular formula is C15H12ClF3N2O3S. The Morgan fingerprint density at radius 2 is 1.68 bits per heavy atom. The molecule has 0 unspecified atom stereocenters. The lowest BCUT2D eigenvalue weighted by atomic mass is 10.2. The van der Waals surface area contributed by atoms with Gasteiger partial charge in [-0.3, -0.25) is 9.52 Å². The number of carbonyl (C=O) groups is 1. The van der Waals surface area contributed by atoms with E-state index in [4.69, 9.17) is 11.6 Å². The molecule has 0 aliphatic carbocycles. The minimum atomic E-state index is -5.03. The van der Waals surface area contributed by atoms with Crippen LogP contribution in [0.2, 0.25) is 5.02 Å². The third kappa shape index (κ3) is 4.86. The number of aryl methyl sites for hydroxylation is 1. The van der Waals surface area contributed by atoms with Gasteiger partial charge in [-0.1, -0.05) is 17.7 Å². The van der Waals surface area contributed by atoms with E-state index in [2.05, 4.69) is 4.72 Å². The summed E-state index contributed by atoms with van der Waals surface area (Å²) in [6.45, 7) is 1.76. The number of rotatable bonds is 4. The van der Waals surface area contributed by atoms with Crippen molar-refractivity contribution in [3.05, 3.63) is 53.1 Å². The molecule has 0 heterocycles. The van der Waals surface area contributed by atoms with Gasteiger partial charge in [0, 0.05) is 5.69 Å². The van der Waals surface area contributed by atoms with Gasteiger partial charge < -0.3 is 5.32 Å². The number of hydrogen-bond acceptors (Lipinski definition) is 3. The summed E-state index contributed by atoms with van der Waals surface area (Å²) in [5.74, 6) is -2.15. The number of carbonyl (C=O) groups excluding carboxylic acids is 1. The maximum Gasteiger partial charge on any atom is 0.471 e. The summed E-state index contributed by atoms with van der Waals surface area (Å²) < 4.78 is 63.5. The number of nitrogens with one attached hydrogen (secondary N) is 2. The van der Waals surface area contributed by atoms with Crippen LogP contribution in [0.3, 0.4) is 0 Å². The van der Waals surface area contributed by atoms with Gasteiger partial charge in [-0.2, -0.15) is 13.2 Å². The highest BCUT2D eigenvalue weighted by atomic mass is 35.5. The monoisotopic (exact) mass is 392 g/mol. The van der Waals surface area contributed by atoms with Gasteiger partial charge in [0.15, 0.2) is 0 Å². The second-order valence-corrected chi connectivity index (χ2v) is 7.15. The first-order chi connectivity index (χ1) is 11.5. The highest BCUT2D eigenvalue weighted by Crippen LogP contribution is 2.26. The third-order valence-corrected chi connectivity index (χ3v) is 4.76. The van der Waals surface area contributed by atoms with Crippen molar-refractivity contribution in [1.82, 2.24) is 0 Å². The molecule has 0 atom stereocenters. The summed E-state index contributed by atoms with van der Waals surface area (Å²) in [4.78, 5) is 10.6. The average molecular weight is 393 g/mol. The van der Waals surface area contributed by atoms with Gasteiger partial charge in [0.1, 0.15) is 0 Å². The van der Waals surface area contributed by atoms with Crippen molar-refractivity contribution in [3.63, 3.8) is 0 Å². The van der Waals surface area contributed by atoms with Crippen molar-refractivity contribution in [3.8, 4) is 0 Å². The molecule has 0 aliphatic heterocycles. The number of anilines is 2. The minimum absolute atomic E-state index is 0.177. The summed E-state index contributed by atoms with van der Waals surface area (Å²) in [5.41, 5.74) is 0.776. The molecule has 0 saturated carbocycles. The average Bonchev–Trinajstić information content (AvgIpc) is 2.50. The molecule has 134 valence electrons. The second-order valence-electron chi connectivity index (χ2n) is 5.07. The van der Waals surface area contributed by atoms with Crippen LogP contribution in [0.1, 0.15) is 5.56 Å². The Hall–Kier alpha value is -2.26. The highest BCUT2D eigenvalue weighted by molar-refractivity contribution is 7.92. The predicted molar refractivity (Wildman–Crippen MR) is 88.1 cm³/mol. The van der Waals surface area contributed by atoms with E-state index in [1.165, 1.54) is 12.1 Å². The summed E-state index contributed by atoms with van der Waals surface area (Å²) in [5, 5.41) is 1.82. The first-order valence-corrected chi connectivity index (χ1v) is 8.62. The van der Waals surface area contributed by atoms with E-state index in [-0.39, 0.29) is 21.3 Å². The number of sulfonamides is 1. The number of alkyl halides is 3. The molecule has 2 aromatic carbocycles. The molecule has 0 bridgehead atoms. The first-order valence-electron chi connectivity index (χ1n) is 6.76. The SMILES string of the molecule is Cc1ccc(Cl)c(NS(=O)(=O)c2ccc(NC(=O)C(F)(F)F)cc2)c1. The maximum absolute atomic E-state index is 12.3. The quantitative estimate of drug-likeness (QED) is 0.827. The number of hydrogen-bond donors (Lipinski definition) is 2. The molecule has 0 fully saturated rings. The van der Waals surface area contributed by atoms with E-state index >= 15 is 0 Å². The number of amides is 1. The van der Waals surface area contributed by atoms with Crippen LogP contribution in [-0.2, 0) is 14.8 Å². The topological polar surface area (TPSA) is 75.3 Å². The van der Waals surface area contributed by atoms with Gasteiger partial charge in [-0.05, 0) is 48.9 Å². The Balaban J connectivity index is 2.20. The normalized spacial score (nSPS) is 11.9. The molecule has 25 heavy (non-hydrogen) atoms. The summed E-state index contributed by atoms with van der Waals surface area (Å²) in [6.07, 6.45) is -5.03. The van der Waals surface area contributed by atoms with E-state index < -0.39 is 22.1 Å². The van der Waals surface area contributed by atoms with Crippen LogP contribution in [0.5, 0.6) is 0 Å². The summed E-state index contributed by atoms with van der Waals surface area (Å²) in [6, 6.07) is 9.02. The van der Waals surface area contributed by atoms with Crippen LogP contribution in [0.4, 0.5) is 24.5 Å². The van der Waals surface area contributed by atoms with Gasteiger partial charge in [-0.25, -0.2) is 8.42 Å². The molecule has 10 heteroatoms. The van der Waals surface area contributed by atoms with E-state index in [1.807, 2.05) is 0 Å². The van der Waals surface area contributed by atoms with Crippen LogP contribution >= 0.6 is 11.6 Å². The Kier molecular flexibility index (Phi) is 5.28. The van der Waals surface area contributed by atoms with Crippen LogP contribution in [0.15, 0.2) is 47.4 Å². The molecule has 0 aliphatic rings. The highest BCUT2D eigenvalue weighted by Gasteiger charge is 2.38. The van der Waals surface area contributed by atoms with Gasteiger partial charge in [0.25, 0.3) is 10.0 Å². The van der Waals surface area contributed by atoms with Crippen LogP contribution in [-0.4, -0.2) is 20.5 Å². The Bertz CT molecular complexity index is 897. The molecule has 0 aromatic heterocycles. The van der Waals surface area contributed by atoms with Gasteiger partial charge >= 0.3 is 12.1 Å². The second kappa shape index (κ2) is 6.93. The molecule has 0 spiro atoms. The lowest BCUT2D eigenvalue weighted by Gasteiger charge is -2.11. The van der Waals surface area contributed by atoms with Crippen molar-refractivity contribution in [2.45, 2.75) is 18.0 Å². The van der Waals surface area contributed by atoms with Crippen LogP contribution in [0.25, 0.3) is 0 Å². The van der Waals surface area contributed by atoms with E-state index in [9.17, 15) is 26.4 Å². The fourth-order valence-electron chi connectivity index (χ4n) is 1.84. The van der Waals surface area contributed by atoms with Gasteiger partial charge in [0.05, 0.1) is 15.6 Å². The summed E-state index contributed by atoms with van der Waals surface area (Å²) in [7, 11) is -4.00. The molecule has 1 amide bonds. The Morgan fingerprint density at radius 3 is 2.24 bits per heavy atom. The third-order valence-electron chi connectivity index (χ3n) is 3.05. The lowest BCUT2D eigenvalue weighted by molar-refractivity contribution is -0.167. The largest absolute Gasteiger partial charge is 0.471 e. The van der Waals surface area contributed by atoms with Gasteiger partial charge in [0.2, 0.25) is 0 Å². The van der Waals surface area contributed by atoms with E-state index in [1.54, 1.807) is 18.3 Å². The Morgan fingerprint density at radius 1 is 1.08 bits per heavy atom. The predicted octanol–water partition coefficient (Wildman–Crippen LogP) is 3.95. The van der Waals surface area contributed by atoms with Crippen molar-refractivity contribution in [2.75, 3.05) is 10.0 Å². The zero-order valence-electron chi connectivity index (χ0n) is 12.7. The fraction of sp³-hybridized carbons (Fsp3) is 0.133. The smallest absolute Gasteiger partial charge is 0.318 e. The zero-order valence-corrected chi connectivity index (χ0v) is 14.3. The maximum atomic E-state index is 12.3. The minimum Gasteiger partial charge on any atom is -0.318 e. The van der Waals surface area contributed by atoms with Crippen molar-refractivity contribution in [1.29, 1.82) is 0 Å². The van der Waals surface area contributed by atoms with Crippen molar-refractivity contribution >= 4 is 38.9 Å². The number of benzene rings is 2. The lowest BCUT2D eigenvalue weighted by Crippen LogP contribution is -2.29. The number of halogens is 4. The van der Waals surface area contributed by atoms with Crippen LogP contribution < -0.4 is 10.0 Å². The summed E-state index contributed by atoms with van der Waals surface area (Å²) >= 11 is 5.93. The molecular weight excluding hydrogens is 381 g/mol. The van der Waals surface area contributed by atoms with Gasteiger partial charge in [-0.15, -0.1) is 0 Å². The molecule has 0 radical (unpaired) electrons. The first kappa shape index (κ1) is 19.1. The molecule has 0 saturated heterocycles. The molecule has 2 N–H and O–H groups in total. The van der Waals surface area contributed by atoms with E-state index in [0.717, 1.165) is 29.8 Å². The van der Waals surface area contributed by atoms with Crippen molar-refractivity contribution in [2.24, 2.45) is 0 Å². The van der Waals surface area contributed by atoms with Crippen molar-refractivity contribution < 1.29 is 26.4 Å². The standard InChI is InChI=1S/C15H12ClF3N2O3S/c1-9-2-7-12(16)13(8-9)21-25(23,24)11-5-3-10(4-6-11)20-14(22)15(17,18)19/h2-8,21H,1H3,(H,20,22). The van der Waals surface area contributed by atoms with E-state index in [0.29, 0.717) is 0 Å². The van der Waals surface area contributed by atoms with Crippen LogP contribution in [0, 0.1) is 6.92 Å². The molecule has 2 rings (SSSR count). The molecule has 2 aromatic rings. The molecule has 5 nitrogen and oxygen atoms in total. The fourth-order valence-corrected chi connectivity index (χ4v) is 3.13. The zero-order chi connectivity index (χ0) is 18.8.